The number of nitrogens with one attached hydrogen (secondary N) is 3. The first-order valence-corrected chi connectivity index (χ1v) is 13.1. The lowest BCUT2D eigenvalue weighted by molar-refractivity contribution is -0.142. The van der Waals surface area contributed by atoms with E-state index in [1.54, 1.807) is 0 Å². The standard InChI is InChI=1S/C27H45N5O5/c1-17(2)14-22(31-24(33)20(29)16-19-10-6-5-7-11-19)26(35)32-23(15-18(3)4)25(34)30-21(27(36)37)12-8-9-13-28/h5-7,10-11,17-18,20-23H,8-9,12-16,28-29H2,1-4H3,(H,30,34)(H,31,33)(H,32,35)(H,36,37). The smallest absolute Gasteiger partial charge is 0.326 e. The third kappa shape index (κ3) is 12.7. The molecular weight excluding hydrogens is 474 g/mol. The first-order chi connectivity index (χ1) is 17.4. The molecule has 1 aromatic rings. The summed E-state index contributed by atoms with van der Waals surface area (Å²) in [4.78, 5) is 50.7. The maximum Gasteiger partial charge on any atom is 0.326 e. The minimum Gasteiger partial charge on any atom is -0.480 e. The lowest BCUT2D eigenvalue weighted by Gasteiger charge is -2.27. The summed E-state index contributed by atoms with van der Waals surface area (Å²) in [5.41, 5.74) is 12.5. The number of hydrogen-bond acceptors (Lipinski definition) is 6. The van der Waals surface area contributed by atoms with Gasteiger partial charge in [-0.1, -0.05) is 58.0 Å². The third-order valence-corrected chi connectivity index (χ3v) is 5.88. The summed E-state index contributed by atoms with van der Waals surface area (Å²) in [5.74, 6) is -2.55. The van der Waals surface area contributed by atoms with Crippen molar-refractivity contribution in [3.8, 4) is 0 Å². The monoisotopic (exact) mass is 519 g/mol. The number of unbranched alkanes of at least 4 members (excludes halogenated alkanes) is 1. The Balaban J connectivity index is 2.93. The van der Waals surface area contributed by atoms with Crippen LogP contribution in [0.5, 0.6) is 0 Å². The molecule has 0 aliphatic carbocycles. The van der Waals surface area contributed by atoms with E-state index in [9.17, 15) is 24.3 Å². The molecule has 0 aromatic heterocycles. The summed E-state index contributed by atoms with van der Waals surface area (Å²) < 4.78 is 0. The number of carboxylic acids is 1. The molecule has 1 aromatic carbocycles. The van der Waals surface area contributed by atoms with Gasteiger partial charge in [-0.05, 0) is 62.5 Å². The van der Waals surface area contributed by atoms with Crippen molar-refractivity contribution in [3.63, 3.8) is 0 Å². The molecule has 4 atom stereocenters. The summed E-state index contributed by atoms with van der Waals surface area (Å²) in [6.45, 7) is 8.09. The maximum atomic E-state index is 13.2. The van der Waals surface area contributed by atoms with Gasteiger partial charge in [-0.15, -0.1) is 0 Å². The molecule has 10 nitrogen and oxygen atoms in total. The predicted octanol–water partition coefficient (Wildman–Crippen LogP) is 1.32. The Bertz CT molecular complexity index is 862. The lowest BCUT2D eigenvalue weighted by Crippen LogP contribution is -2.57. The quantitative estimate of drug-likeness (QED) is 0.168. The Morgan fingerprint density at radius 2 is 1.27 bits per heavy atom. The van der Waals surface area contributed by atoms with Crippen LogP contribution in [0.15, 0.2) is 30.3 Å². The van der Waals surface area contributed by atoms with Gasteiger partial charge in [0.2, 0.25) is 17.7 Å². The molecular formula is C27H45N5O5. The second-order valence-corrected chi connectivity index (χ2v) is 10.4. The van der Waals surface area contributed by atoms with E-state index < -0.39 is 47.9 Å². The molecule has 208 valence electrons. The van der Waals surface area contributed by atoms with Crippen LogP contribution in [-0.4, -0.2) is 59.5 Å². The van der Waals surface area contributed by atoms with Crippen LogP contribution in [0.2, 0.25) is 0 Å². The van der Waals surface area contributed by atoms with Crippen LogP contribution in [0.1, 0.15) is 65.4 Å². The predicted molar refractivity (Wildman–Crippen MR) is 143 cm³/mol. The van der Waals surface area contributed by atoms with E-state index in [2.05, 4.69) is 16.0 Å². The zero-order valence-corrected chi connectivity index (χ0v) is 22.5. The van der Waals surface area contributed by atoms with E-state index in [-0.39, 0.29) is 18.3 Å². The van der Waals surface area contributed by atoms with Crippen LogP contribution in [0.3, 0.4) is 0 Å². The van der Waals surface area contributed by atoms with E-state index in [0.717, 1.165) is 5.56 Å². The molecule has 4 unspecified atom stereocenters. The molecule has 0 radical (unpaired) electrons. The molecule has 0 aliphatic rings. The molecule has 3 amide bonds. The maximum absolute atomic E-state index is 13.2. The van der Waals surface area contributed by atoms with Crippen molar-refractivity contribution in [3.05, 3.63) is 35.9 Å². The van der Waals surface area contributed by atoms with E-state index in [1.165, 1.54) is 0 Å². The molecule has 0 saturated carbocycles. The van der Waals surface area contributed by atoms with Crippen LogP contribution in [-0.2, 0) is 25.6 Å². The fourth-order valence-corrected chi connectivity index (χ4v) is 3.94. The SMILES string of the molecule is CC(C)CC(NC(=O)C(N)Cc1ccccc1)C(=O)NC(CC(C)C)C(=O)NC(CCCCN)C(=O)O. The minimum absolute atomic E-state index is 0.0500. The number of hydrogen-bond donors (Lipinski definition) is 6. The van der Waals surface area contributed by atoms with E-state index in [0.29, 0.717) is 38.6 Å². The van der Waals surface area contributed by atoms with Crippen molar-refractivity contribution in [1.29, 1.82) is 0 Å². The van der Waals surface area contributed by atoms with Crippen LogP contribution in [0.4, 0.5) is 0 Å². The molecule has 8 N–H and O–H groups in total. The van der Waals surface area contributed by atoms with Gasteiger partial charge < -0.3 is 32.5 Å². The van der Waals surface area contributed by atoms with Gasteiger partial charge >= 0.3 is 5.97 Å². The summed E-state index contributed by atoms with van der Waals surface area (Å²) in [5, 5.41) is 17.6. The molecule has 0 saturated heterocycles. The average Bonchev–Trinajstić information content (AvgIpc) is 2.82. The first-order valence-electron chi connectivity index (χ1n) is 13.1. The summed E-state index contributed by atoms with van der Waals surface area (Å²) in [7, 11) is 0. The van der Waals surface area contributed by atoms with Crippen molar-refractivity contribution < 1.29 is 24.3 Å². The minimum atomic E-state index is -1.14. The highest BCUT2D eigenvalue weighted by atomic mass is 16.4. The molecule has 1 rings (SSSR count). The largest absolute Gasteiger partial charge is 0.480 e. The van der Waals surface area contributed by atoms with E-state index in [1.807, 2.05) is 58.0 Å². The van der Waals surface area contributed by atoms with Crippen LogP contribution in [0, 0.1) is 11.8 Å². The van der Waals surface area contributed by atoms with Crippen molar-refractivity contribution in [1.82, 2.24) is 16.0 Å². The van der Waals surface area contributed by atoms with Crippen LogP contribution in [0.25, 0.3) is 0 Å². The zero-order valence-electron chi connectivity index (χ0n) is 22.5. The molecule has 0 bridgehead atoms. The number of carbonyl (C=O) groups is 4. The van der Waals surface area contributed by atoms with Crippen molar-refractivity contribution in [2.24, 2.45) is 23.3 Å². The Labute approximate surface area is 220 Å². The average molecular weight is 520 g/mol. The summed E-state index contributed by atoms with van der Waals surface area (Å²) in [6, 6.07) is 5.59. The molecule has 0 aliphatic heterocycles. The number of rotatable bonds is 17. The number of benzene rings is 1. The zero-order chi connectivity index (χ0) is 28.0. The number of carboxylic acid groups (broad SMARTS) is 1. The van der Waals surface area contributed by atoms with Crippen LogP contribution >= 0.6 is 0 Å². The molecule has 0 heterocycles. The number of carbonyl (C=O) groups excluding carboxylic acids is 3. The number of aliphatic carboxylic acids is 1. The van der Waals surface area contributed by atoms with Crippen LogP contribution < -0.4 is 27.4 Å². The van der Waals surface area contributed by atoms with Crippen molar-refractivity contribution in [2.75, 3.05) is 6.54 Å². The Kier molecular flexibility index (Phi) is 14.5. The molecule has 0 fully saturated rings. The fraction of sp³-hybridized carbons (Fsp3) is 0.630. The third-order valence-electron chi connectivity index (χ3n) is 5.88. The Morgan fingerprint density at radius 3 is 1.73 bits per heavy atom. The highest BCUT2D eigenvalue weighted by Gasteiger charge is 2.31. The van der Waals surface area contributed by atoms with Gasteiger partial charge in [0.1, 0.15) is 18.1 Å². The normalized spacial score (nSPS) is 14.5. The molecule has 37 heavy (non-hydrogen) atoms. The topological polar surface area (TPSA) is 177 Å². The van der Waals surface area contributed by atoms with Gasteiger partial charge in [-0.3, -0.25) is 14.4 Å². The van der Waals surface area contributed by atoms with Gasteiger partial charge in [0.05, 0.1) is 6.04 Å². The van der Waals surface area contributed by atoms with Gasteiger partial charge in [-0.25, -0.2) is 4.79 Å². The van der Waals surface area contributed by atoms with Gasteiger partial charge in [0.15, 0.2) is 0 Å². The van der Waals surface area contributed by atoms with E-state index >= 15 is 0 Å². The molecule has 0 spiro atoms. The van der Waals surface area contributed by atoms with Crippen molar-refractivity contribution in [2.45, 2.75) is 90.4 Å². The lowest BCUT2D eigenvalue weighted by atomic mass is 9.99. The summed E-state index contributed by atoms with van der Waals surface area (Å²) >= 11 is 0. The van der Waals surface area contributed by atoms with E-state index in [4.69, 9.17) is 11.5 Å². The van der Waals surface area contributed by atoms with Gasteiger partial charge in [-0.2, -0.15) is 0 Å². The Hall–Kier alpha value is -2.98. The fourth-order valence-electron chi connectivity index (χ4n) is 3.94. The number of nitrogens with two attached hydrogens (primary N) is 2. The van der Waals surface area contributed by atoms with Gasteiger partial charge in [0, 0.05) is 0 Å². The number of amides is 3. The van der Waals surface area contributed by atoms with Gasteiger partial charge in [0.25, 0.3) is 0 Å². The molecule has 10 heteroatoms. The Morgan fingerprint density at radius 1 is 0.784 bits per heavy atom. The first kappa shape index (κ1) is 32.0. The van der Waals surface area contributed by atoms with Crippen molar-refractivity contribution >= 4 is 23.7 Å². The highest BCUT2D eigenvalue weighted by Crippen LogP contribution is 2.11. The second-order valence-electron chi connectivity index (χ2n) is 10.4. The second kappa shape index (κ2) is 16.7. The summed E-state index contributed by atoms with van der Waals surface area (Å²) in [6.07, 6.45) is 2.42. The highest BCUT2D eigenvalue weighted by molar-refractivity contribution is 5.94.